The second-order valence-electron chi connectivity index (χ2n) is 6.36. The van der Waals surface area contributed by atoms with Gasteiger partial charge >= 0.3 is 0 Å². The normalized spacial score (nSPS) is 20.2. The largest absolute Gasteiger partial charge is 0.313 e. The molecule has 0 aromatic carbocycles. The van der Waals surface area contributed by atoms with Gasteiger partial charge in [-0.15, -0.1) is 0 Å². The minimum atomic E-state index is 0.445. The molecule has 0 bridgehead atoms. The summed E-state index contributed by atoms with van der Waals surface area (Å²) in [7, 11) is 0. The van der Waals surface area contributed by atoms with Crippen LogP contribution in [0.15, 0.2) is 18.3 Å². The zero-order valence-corrected chi connectivity index (χ0v) is 12.7. The topological polar surface area (TPSA) is 24.9 Å². The van der Waals surface area contributed by atoms with Crippen LogP contribution < -0.4 is 5.32 Å². The van der Waals surface area contributed by atoms with Gasteiger partial charge < -0.3 is 5.32 Å². The minimum Gasteiger partial charge on any atom is -0.313 e. The van der Waals surface area contributed by atoms with Gasteiger partial charge in [0.15, 0.2) is 0 Å². The summed E-state index contributed by atoms with van der Waals surface area (Å²) in [5, 5.41) is 3.72. The molecule has 0 spiro atoms. The highest BCUT2D eigenvalue weighted by Crippen LogP contribution is 2.39. The molecule has 1 fully saturated rings. The fraction of sp³-hybridized carbons (Fsp3) is 0.706. The van der Waals surface area contributed by atoms with E-state index in [-0.39, 0.29) is 0 Å². The average molecular weight is 260 g/mol. The average Bonchev–Trinajstić information content (AvgIpc) is 2.41. The third-order valence-electron chi connectivity index (χ3n) is 4.67. The molecule has 1 N–H and O–H groups in total. The molecule has 0 amide bonds. The second-order valence-corrected chi connectivity index (χ2v) is 6.36. The van der Waals surface area contributed by atoms with Crippen molar-refractivity contribution in [2.45, 2.75) is 65.3 Å². The van der Waals surface area contributed by atoms with Crippen LogP contribution in [0, 0.1) is 12.3 Å². The highest BCUT2D eigenvalue weighted by atomic mass is 14.9. The van der Waals surface area contributed by atoms with Gasteiger partial charge in [-0.25, -0.2) is 0 Å². The molecule has 1 aliphatic carbocycles. The molecule has 1 aliphatic rings. The van der Waals surface area contributed by atoms with Crippen LogP contribution in [-0.2, 0) is 6.42 Å². The van der Waals surface area contributed by atoms with E-state index in [0.29, 0.717) is 11.5 Å². The molecule has 2 heteroatoms. The van der Waals surface area contributed by atoms with Crippen molar-refractivity contribution in [2.24, 2.45) is 5.41 Å². The lowest BCUT2D eigenvalue weighted by atomic mass is 9.69. The molecule has 1 aromatic heterocycles. The number of hydrogen-bond acceptors (Lipinski definition) is 2. The van der Waals surface area contributed by atoms with Crippen LogP contribution in [0.2, 0.25) is 0 Å². The van der Waals surface area contributed by atoms with Gasteiger partial charge in [0.2, 0.25) is 0 Å². The van der Waals surface area contributed by atoms with E-state index in [9.17, 15) is 0 Å². The Balaban J connectivity index is 2.08. The lowest BCUT2D eigenvalue weighted by Crippen LogP contribution is -2.46. The third-order valence-corrected chi connectivity index (χ3v) is 4.67. The van der Waals surface area contributed by atoms with Gasteiger partial charge in [-0.3, -0.25) is 4.98 Å². The standard InChI is InChI=1S/C17H28N2/c1-4-18-16(17(3)10-6-5-7-11-17)12-15-9-8-14(2)13-19-15/h8-9,13,16,18H,4-7,10-12H2,1-3H3. The highest BCUT2D eigenvalue weighted by molar-refractivity contribution is 5.14. The summed E-state index contributed by atoms with van der Waals surface area (Å²) in [5.74, 6) is 0. The first-order valence-electron chi connectivity index (χ1n) is 7.79. The summed E-state index contributed by atoms with van der Waals surface area (Å²) in [6.45, 7) is 7.82. The molecule has 0 aliphatic heterocycles. The number of aromatic nitrogens is 1. The van der Waals surface area contributed by atoms with Crippen LogP contribution in [0.25, 0.3) is 0 Å². The maximum absolute atomic E-state index is 4.59. The van der Waals surface area contributed by atoms with Crippen LogP contribution in [0.4, 0.5) is 0 Å². The lowest BCUT2D eigenvalue weighted by Gasteiger charge is -2.41. The van der Waals surface area contributed by atoms with Crippen molar-refractivity contribution in [3.05, 3.63) is 29.6 Å². The third kappa shape index (κ3) is 3.79. The number of nitrogens with one attached hydrogen (secondary N) is 1. The zero-order chi connectivity index (χ0) is 13.7. The van der Waals surface area contributed by atoms with Crippen molar-refractivity contribution in [3.8, 4) is 0 Å². The Morgan fingerprint density at radius 2 is 2.00 bits per heavy atom. The first-order valence-corrected chi connectivity index (χ1v) is 7.79. The summed E-state index contributed by atoms with van der Waals surface area (Å²) in [6.07, 6.45) is 9.95. The van der Waals surface area contributed by atoms with Crippen LogP contribution in [-0.4, -0.2) is 17.6 Å². The molecule has 1 aromatic rings. The molecule has 0 saturated heterocycles. The Hall–Kier alpha value is -0.890. The van der Waals surface area contributed by atoms with Gasteiger partial charge in [0.1, 0.15) is 0 Å². The van der Waals surface area contributed by atoms with Crippen molar-refractivity contribution in [3.63, 3.8) is 0 Å². The lowest BCUT2D eigenvalue weighted by molar-refractivity contribution is 0.144. The summed E-state index contributed by atoms with van der Waals surface area (Å²) >= 11 is 0. The molecule has 1 heterocycles. The summed E-state index contributed by atoms with van der Waals surface area (Å²) < 4.78 is 0. The Morgan fingerprint density at radius 3 is 2.58 bits per heavy atom. The molecule has 1 atom stereocenters. The van der Waals surface area contributed by atoms with E-state index in [0.717, 1.165) is 13.0 Å². The molecule has 1 unspecified atom stereocenters. The molecular weight excluding hydrogens is 232 g/mol. The predicted octanol–water partition coefficient (Wildman–Crippen LogP) is 3.88. The quantitative estimate of drug-likeness (QED) is 0.869. The molecule has 2 rings (SSSR count). The van der Waals surface area contributed by atoms with Gasteiger partial charge in [0.25, 0.3) is 0 Å². The maximum Gasteiger partial charge on any atom is 0.0419 e. The zero-order valence-electron chi connectivity index (χ0n) is 12.7. The Kier molecular flexibility index (Phi) is 4.98. The van der Waals surface area contributed by atoms with E-state index >= 15 is 0 Å². The number of pyridine rings is 1. The van der Waals surface area contributed by atoms with Gasteiger partial charge in [-0.1, -0.05) is 39.2 Å². The van der Waals surface area contributed by atoms with Crippen molar-refractivity contribution in [2.75, 3.05) is 6.54 Å². The molecule has 2 nitrogen and oxygen atoms in total. The van der Waals surface area contributed by atoms with Gasteiger partial charge in [-0.2, -0.15) is 0 Å². The Morgan fingerprint density at radius 1 is 1.26 bits per heavy atom. The molecule has 1 saturated carbocycles. The monoisotopic (exact) mass is 260 g/mol. The summed E-state index contributed by atoms with van der Waals surface area (Å²) in [6, 6.07) is 4.92. The van der Waals surface area contributed by atoms with E-state index in [4.69, 9.17) is 0 Å². The molecule has 19 heavy (non-hydrogen) atoms. The summed E-state index contributed by atoms with van der Waals surface area (Å²) in [5.41, 5.74) is 2.91. The van der Waals surface area contributed by atoms with E-state index < -0.39 is 0 Å². The Labute approximate surface area is 118 Å². The molecule has 106 valence electrons. The minimum absolute atomic E-state index is 0.445. The maximum atomic E-state index is 4.59. The first kappa shape index (κ1) is 14.5. The van der Waals surface area contributed by atoms with Crippen LogP contribution in [0.1, 0.15) is 57.2 Å². The van der Waals surface area contributed by atoms with Crippen molar-refractivity contribution < 1.29 is 0 Å². The number of nitrogens with zero attached hydrogens (tertiary/aromatic N) is 1. The van der Waals surface area contributed by atoms with Crippen LogP contribution in [0.3, 0.4) is 0 Å². The highest BCUT2D eigenvalue weighted by Gasteiger charge is 2.35. The van der Waals surface area contributed by atoms with Crippen molar-refractivity contribution in [1.29, 1.82) is 0 Å². The number of aryl methyl sites for hydroxylation is 1. The number of likely N-dealkylation sites (N-methyl/N-ethyl adjacent to an activating group) is 1. The van der Waals surface area contributed by atoms with Crippen LogP contribution in [0.5, 0.6) is 0 Å². The summed E-state index contributed by atoms with van der Waals surface area (Å²) in [4.78, 5) is 4.59. The fourth-order valence-corrected chi connectivity index (χ4v) is 3.35. The fourth-order valence-electron chi connectivity index (χ4n) is 3.35. The van der Waals surface area contributed by atoms with E-state index in [2.05, 4.69) is 43.2 Å². The second kappa shape index (κ2) is 6.51. The van der Waals surface area contributed by atoms with Crippen molar-refractivity contribution in [1.82, 2.24) is 10.3 Å². The van der Waals surface area contributed by atoms with Crippen LogP contribution >= 0.6 is 0 Å². The number of hydrogen-bond donors (Lipinski definition) is 1. The van der Waals surface area contributed by atoms with E-state index in [1.165, 1.54) is 43.4 Å². The molecular formula is C17H28N2. The van der Waals surface area contributed by atoms with E-state index in [1.54, 1.807) is 0 Å². The predicted molar refractivity (Wildman–Crippen MR) is 81.3 cm³/mol. The number of rotatable bonds is 5. The SMILES string of the molecule is CCNC(Cc1ccc(C)cn1)C1(C)CCCCC1. The smallest absolute Gasteiger partial charge is 0.0419 e. The van der Waals surface area contributed by atoms with Crippen molar-refractivity contribution >= 4 is 0 Å². The van der Waals surface area contributed by atoms with Gasteiger partial charge in [0, 0.05) is 24.4 Å². The molecule has 0 radical (unpaired) electrons. The van der Waals surface area contributed by atoms with Gasteiger partial charge in [0.05, 0.1) is 0 Å². The van der Waals surface area contributed by atoms with Gasteiger partial charge in [-0.05, 0) is 43.4 Å². The first-order chi connectivity index (χ1) is 9.14. The Bertz CT molecular complexity index is 377. The van der Waals surface area contributed by atoms with E-state index in [1.807, 2.05) is 6.20 Å².